The zero-order chi connectivity index (χ0) is 23.9. The Kier molecular flexibility index (Phi) is 5.17. The molecule has 1 aliphatic rings. The second-order valence-electron chi connectivity index (χ2n) is 9.21. The molecule has 2 aromatic carbocycles. The Morgan fingerprint density at radius 1 is 0.943 bits per heavy atom. The second kappa shape index (κ2) is 8.51. The molecule has 7 nitrogen and oxygen atoms in total. The van der Waals surface area contributed by atoms with Crippen molar-refractivity contribution in [2.45, 2.75) is 31.6 Å². The number of aromatic nitrogens is 4. The Hall–Kier alpha value is -4.26. The van der Waals surface area contributed by atoms with E-state index < -0.39 is 5.97 Å². The molecule has 1 aliphatic carbocycles. The number of benzene rings is 2. The lowest BCUT2D eigenvalue weighted by molar-refractivity contribution is -0.142. The van der Waals surface area contributed by atoms with Gasteiger partial charge < -0.3 is 10.8 Å². The Morgan fingerprint density at radius 2 is 1.71 bits per heavy atom. The van der Waals surface area contributed by atoms with Crippen LogP contribution in [0.1, 0.15) is 37.4 Å². The van der Waals surface area contributed by atoms with Gasteiger partial charge >= 0.3 is 5.97 Å². The van der Waals surface area contributed by atoms with E-state index in [2.05, 4.69) is 35.3 Å². The molecule has 1 saturated carbocycles. The highest BCUT2D eigenvalue weighted by atomic mass is 16.4. The van der Waals surface area contributed by atoms with Crippen LogP contribution in [-0.4, -0.2) is 30.4 Å². The maximum absolute atomic E-state index is 11.4. The normalized spacial score (nSPS) is 18.2. The second-order valence-corrected chi connectivity index (χ2v) is 9.21. The number of carboxylic acids is 1. The largest absolute Gasteiger partial charge is 0.481 e. The van der Waals surface area contributed by atoms with Gasteiger partial charge in [0.05, 0.1) is 17.1 Å². The van der Waals surface area contributed by atoms with Crippen LogP contribution in [-0.2, 0) is 4.79 Å². The number of anilines is 1. The molecule has 0 atom stereocenters. The van der Waals surface area contributed by atoms with E-state index in [0.29, 0.717) is 18.7 Å². The quantitative estimate of drug-likeness (QED) is 0.362. The van der Waals surface area contributed by atoms with Gasteiger partial charge in [-0.25, -0.2) is 15.0 Å². The van der Waals surface area contributed by atoms with Crippen molar-refractivity contribution in [3.63, 3.8) is 0 Å². The van der Waals surface area contributed by atoms with Crippen molar-refractivity contribution in [2.75, 3.05) is 5.73 Å². The van der Waals surface area contributed by atoms with Crippen molar-refractivity contribution in [2.24, 2.45) is 5.92 Å². The molecular weight excluding hydrogens is 438 g/mol. The number of nitrogen functional groups attached to an aromatic ring is 1. The van der Waals surface area contributed by atoms with E-state index in [9.17, 15) is 9.90 Å². The fourth-order valence-corrected chi connectivity index (χ4v) is 5.21. The molecule has 3 heterocycles. The predicted octanol–water partition coefficient (Wildman–Crippen LogP) is 5.55. The van der Waals surface area contributed by atoms with Gasteiger partial charge in [0.25, 0.3) is 0 Å². The summed E-state index contributed by atoms with van der Waals surface area (Å²) in [6, 6.07) is 20.4. The number of imidazole rings is 1. The van der Waals surface area contributed by atoms with Crippen LogP contribution in [0.2, 0.25) is 0 Å². The van der Waals surface area contributed by atoms with E-state index in [0.717, 1.165) is 57.6 Å². The number of nitrogens with two attached hydrogens (primary N) is 1. The highest BCUT2D eigenvalue weighted by Crippen LogP contribution is 2.39. The summed E-state index contributed by atoms with van der Waals surface area (Å²) in [6.45, 7) is 0. The van der Waals surface area contributed by atoms with E-state index in [1.165, 1.54) is 0 Å². The van der Waals surface area contributed by atoms with Crippen molar-refractivity contribution >= 4 is 28.2 Å². The first-order chi connectivity index (χ1) is 17.1. The lowest BCUT2D eigenvalue weighted by Crippen LogP contribution is -2.21. The van der Waals surface area contributed by atoms with Crippen molar-refractivity contribution in [1.82, 2.24) is 19.4 Å². The van der Waals surface area contributed by atoms with Crippen molar-refractivity contribution in [3.8, 4) is 22.5 Å². The highest BCUT2D eigenvalue weighted by molar-refractivity contribution is 5.91. The van der Waals surface area contributed by atoms with Crippen molar-refractivity contribution in [3.05, 3.63) is 78.9 Å². The number of aliphatic carboxylic acids is 1. The molecule has 0 saturated heterocycles. The van der Waals surface area contributed by atoms with Gasteiger partial charge in [-0.3, -0.25) is 9.20 Å². The maximum Gasteiger partial charge on any atom is 0.306 e. The van der Waals surface area contributed by atoms with Gasteiger partial charge in [-0.1, -0.05) is 48.5 Å². The molecule has 0 amide bonds. The van der Waals surface area contributed by atoms with Crippen LogP contribution in [0.5, 0.6) is 0 Å². The number of nitrogens with zero attached hydrogens (tertiary/aromatic N) is 4. The predicted molar refractivity (Wildman–Crippen MR) is 136 cm³/mol. The molecule has 6 rings (SSSR count). The minimum Gasteiger partial charge on any atom is -0.481 e. The SMILES string of the molecule is Nc1nccn2c(C3CCC(C(=O)O)CC3)nc(-c3ccc4ccc(-c5ccccc5)nc4c3)c12. The molecule has 0 spiro atoms. The van der Waals surface area contributed by atoms with E-state index in [4.69, 9.17) is 15.7 Å². The Balaban J connectivity index is 1.44. The van der Waals surface area contributed by atoms with Gasteiger partial charge in [0.1, 0.15) is 22.9 Å². The molecule has 5 aromatic rings. The summed E-state index contributed by atoms with van der Waals surface area (Å²) < 4.78 is 2.03. The standard InChI is InChI=1S/C28H25N5O2/c29-26-25-24(32-27(33(25)15-14-30-26)19-7-9-20(10-8-19)28(34)35)21-11-6-18-12-13-22(31-23(18)16-21)17-4-2-1-3-5-17/h1-6,11-16,19-20H,7-10H2,(H2,29,30)(H,34,35). The van der Waals surface area contributed by atoms with Gasteiger partial charge in [-0.05, 0) is 37.8 Å². The van der Waals surface area contributed by atoms with Crippen LogP contribution in [0.25, 0.3) is 38.9 Å². The number of pyridine rings is 1. The van der Waals surface area contributed by atoms with E-state index in [-0.39, 0.29) is 11.8 Å². The van der Waals surface area contributed by atoms with E-state index in [1.807, 2.05) is 40.9 Å². The minimum atomic E-state index is -0.705. The van der Waals surface area contributed by atoms with Gasteiger partial charge in [-0.15, -0.1) is 0 Å². The van der Waals surface area contributed by atoms with Crippen LogP contribution in [0, 0.1) is 5.92 Å². The summed E-state index contributed by atoms with van der Waals surface area (Å²) in [4.78, 5) is 25.7. The highest BCUT2D eigenvalue weighted by Gasteiger charge is 2.30. The fourth-order valence-electron chi connectivity index (χ4n) is 5.21. The zero-order valence-electron chi connectivity index (χ0n) is 19.1. The number of carbonyl (C=O) groups is 1. The first kappa shape index (κ1) is 21.3. The number of carboxylic acid groups (broad SMARTS) is 1. The third-order valence-corrected chi connectivity index (χ3v) is 7.09. The average Bonchev–Trinajstić information content (AvgIpc) is 3.30. The number of hydrogen-bond donors (Lipinski definition) is 2. The topological polar surface area (TPSA) is 106 Å². The zero-order valence-corrected chi connectivity index (χ0v) is 19.1. The molecule has 1 fully saturated rings. The molecule has 3 N–H and O–H groups in total. The molecule has 0 unspecified atom stereocenters. The monoisotopic (exact) mass is 463 g/mol. The average molecular weight is 464 g/mol. The number of hydrogen-bond acceptors (Lipinski definition) is 5. The van der Waals surface area contributed by atoms with Gasteiger partial charge in [0.15, 0.2) is 0 Å². The lowest BCUT2D eigenvalue weighted by Gasteiger charge is -2.25. The van der Waals surface area contributed by atoms with E-state index in [1.54, 1.807) is 6.20 Å². The molecule has 174 valence electrons. The summed E-state index contributed by atoms with van der Waals surface area (Å²) in [6.07, 6.45) is 6.48. The molecule has 3 aromatic heterocycles. The molecule has 0 aliphatic heterocycles. The summed E-state index contributed by atoms with van der Waals surface area (Å²) in [5.74, 6) is 0.542. The first-order valence-electron chi connectivity index (χ1n) is 11.9. The maximum atomic E-state index is 11.4. The number of fused-ring (bicyclic) bond motifs is 2. The lowest BCUT2D eigenvalue weighted by atomic mass is 9.81. The van der Waals surface area contributed by atoms with Crippen molar-refractivity contribution in [1.29, 1.82) is 0 Å². The fraction of sp³-hybridized carbons (Fsp3) is 0.214. The van der Waals surface area contributed by atoms with Crippen LogP contribution >= 0.6 is 0 Å². The third kappa shape index (κ3) is 3.79. The van der Waals surface area contributed by atoms with Crippen molar-refractivity contribution < 1.29 is 9.90 Å². The summed E-state index contributed by atoms with van der Waals surface area (Å²) >= 11 is 0. The number of rotatable bonds is 4. The van der Waals surface area contributed by atoms with Crippen LogP contribution in [0.4, 0.5) is 5.82 Å². The van der Waals surface area contributed by atoms with Gasteiger partial charge in [0, 0.05) is 34.8 Å². The summed E-state index contributed by atoms with van der Waals surface area (Å²) in [5, 5.41) is 10.4. The Bertz CT molecular complexity index is 1550. The first-order valence-corrected chi connectivity index (χ1v) is 11.9. The molecule has 7 heteroatoms. The molecular formula is C28H25N5O2. The third-order valence-electron chi connectivity index (χ3n) is 7.09. The van der Waals surface area contributed by atoms with Crippen LogP contribution in [0.15, 0.2) is 73.1 Å². The minimum absolute atomic E-state index is 0.178. The summed E-state index contributed by atoms with van der Waals surface area (Å²) in [7, 11) is 0. The Morgan fingerprint density at radius 3 is 2.49 bits per heavy atom. The van der Waals surface area contributed by atoms with Gasteiger partial charge in [0.2, 0.25) is 0 Å². The van der Waals surface area contributed by atoms with Gasteiger partial charge in [-0.2, -0.15) is 0 Å². The molecule has 0 bridgehead atoms. The molecule has 35 heavy (non-hydrogen) atoms. The Labute approximate surface area is 202 Å². The van der Waals surface area contributed by atoms with E-state index >= 15 is 0 Å². The molecule has 0 radical (unpaired) electrons. The van der Waals surface area contributed by atoms with Crippen LogP contribution < -0.4 is 5.73 Å². The smallest absolute Gasteiger partial charge is 0.306 e. The summed E-state index contributed by atoms with van der Waals surface area (Å²) in [5.41, 5.74) is 11.7. The van der Waals surface area contributed by atoms with Crippen LogP contribution in [0.3, 0.4) is 0 Å².